The van der Waals surface area contributed by atoms with E-state index in [1.54, 1.807) is 23.0 Å². The van der Waals surface area contributed by atoms with Gasteiger partial charge in [-0.15, -0.1) is 0 Å². The average molecular weight is 433 g/mol. The molecule has 0 fully saturated rings. The summed E-state index contributed by atoms with van der Waals surface area (Å²) in [5.41, 5.74) is 4.41. The van der Waals surface area contributed by atoms with Gasteiger partial charge in [0.05, 0.1) is 11.9 Å². The lowest BCUT2D eigenvalue weighted by molar-refractivity contribution is 0.193. The summed E-state index contributed by atoms with van der Waals surface area (Å²) in [6, 6.07) is 19.1. The zero-order valence-electron chi connectivity index (χ0n) is 16.6. The first-order valence-corrected chi connectivity index (χ1v) is 10.2. The van der Waals surface area contributed by atoms with Crippen molar-refractivity contribution in [2.75, 3.05) is 0 Å². The minimum atomic E-state index is -1.08. The van der Waals surface area contributed by atoms with E-state index in [0.717, 1.165) is 22.2 Å². The van der Waals surface area contributed by atoms with Crippen LogP contribution in [0.4, 0.5) is 4.39 Å². The van der Waals surface area contributed by atoms with Crippen LogP contribution < -0.4 is 0 Å². The van der Waals surface area contributed by atoms with E-state index in [2.05, 4.69) is 5.10 Å². The van der Waals surface area contributed by atoms with E-state index in [-0.39, 0.29) is 5.82 Å². The first-order chi connectivity index (χ1) is 15.0. The van der Waals surface area contributed by atoms with Gasteiger partial charge in [-0.2, -0.15) is 5.10 Å². The van der Waals surface area contributed by atoms with E-state index >= 15 is 0 Å². The van der Waals surface area contributed by atoms with Crippen LogP contribution in [0, 0.1) is 12.7 Å². The third kappa shape index (κ3) is 3.52. The van der Waals surface area contributed by atoms with Gasteiger partial charge in [0.1, 0.15) is 23.3 Å². The third-order valence-electron chi connectivity index (χ3n) is 5.32. The Kier molecular flexibility index (Phi) is 4.85. The van der Waals surface area contributed by atoms with Crippen LogP contribution in [0.15, 0.2) is 83.5 Å². The molecule has 6 heteroatoms. The van der Waals surface area contributed by atoms with Gasteiger partial charge in [-0.3, -0.25) is 0 Å². The number of fused-ring (bicyclic) bond motifs is 1. The molecule has 0 aliphatic rings. The van der Waals surface area contributed by atoms with Crippen LogP contribution in [0.1, 0.15) is 23.0 Å². The van der Waals surface area contributed by atoms with Crippen molar-refractivity contribution in [2.45, 2.75) is 13.0 Å². The van der Waals surface area contributed by atoms with Gasteiger partial charge in [0, 0.05) is 27.7 Å². The summed E-state index contributed by atoms with van der Waals surface area (Å²) in [4.78, 5) is 0. The highest BCUT2D eigenvalue weighted by molar-refractivity contribution is 6.32. The molecule has 5 rings (SSSR count). The van der Waals surface area contributed by atoms with Gasteiger partial charge < -0.3 is 9.52 Å². The van der Waals surface area contributed by atoms with Gasteiger partial charge in [-0.1, -0.05) is 41.9 Å². The Bertz CT molecular complexity index is 1370. The summed E-state index contributed by atoms with van der Waals surface area (Å²) in [5.74, 6) is -0.0109. The normalized spacial score (nSPS) is 12.4. The van der Waals surface area contributed by atoms with E-state index < -0.39 is 6.10 Å². The molecule has 3 aromatic carbocycles. The quantitative estimate of drug-likeness (QED) is 0.354. The highest BCUT2D eigenvalue weighted by Gasteiger charge is 2.25. The third-order valence-corrected chi connectivity index (χ3v) is 5.73. The molecule has 0 spiro atoms. The highest BCUT2D eigenvalue weighted by Crippen LogP contribution is 2.41. The molecule has 154 valence electrons. The lowest BCUT2D eigenvalue weighted by Gasteiger charge is -2.10. The second-order valence-electron chi connectivity index (χ2n) is 7.40. The fourth-order valence-corrected chi connectivity index (χ4v) is 3.86. The van der Waals surface area contributed by atoms with Crippen molar-refractivity contribution in [3.05, 3.63) is 107 Å². The fraction of sp³-hybridized carbons (Fsp3) is 0.0800. The fourth-order valence-electron chi connectivity index (χ4n) is 3.70. The molecule has 0 radical (unpaired) electrons. The minimum Gasteiger partial charge on any atom is -0.457 e. The Morgan fingerprint density at radius 3 is 2.55 bits per heavy atom. The molecule has 5 aromatic rings. The maximum Gasteiger partial charge on any atom is 0.146 e. The van der Waals surface area contributed by atoms with Crippen LogP contribution in [0.25, 0.3) is 27.8 Å². The summed E-state index contributed by atoms with van der Waals surface area (Å²) in [5, 5.41) is 17.0. The number of hydrogen-bond donors (Lipinski definition) is 1. The van der Waals surface area contributed by atoms with Crippen molar-refractivity contribution in [3.8, 4) is 16.8 Å². The summed E-state index contributed by atoms with van der Waals surface area (Å²) in [7, 11) is 0. The molecule has 0 saturated heterocycles. The van der Waals surface area contributed by atoms with Gasteiger partial charge in [-0.05, 0) is 54.4 Å². The molecule has 1 N–H and O–H groups in total. The lowest BCUT2D eigenvalue weighted by Crippen LogP contribution is -2.00. The molecule has 0 bridgehead atoms. The van der Waals surface area contributed by atoms with E-state index in [1.807, 2.05) is 55.6 Å². The zero-order valence-corrected chi connectivity index (χ0v) is 17.3. The Balaban J connectivity index is 1.70. The van der Waals surface area contributed by atoms with Crippen molar-refractivity contribution in [1.82, 2.24) is 9.78 Å². The molecule has 2 aromatic heterocycles. The number of aliphatic hydroxyl groups is 1. The molecular formula is C25H18ClFN2O2. The van der Waals surface area contributed by atoms with E-state index in [0.29, 0.717) is 27.5 Å². The van der Waals surface area contributed by atoms with Crippen molar-refractivity contribution in [1.29, 1.82) is 0 Å². The van der Waals surface area contributed by atoms with E-state index in [9.17, 15) is 9.50 Å². The predicted octanol–water partition coefficient (Wildman–Crippen LogP) is 6.47. The zero-order chi connectivity index (χ0) is 21.5. The SMILES string of the molecule is Cc1cc2oc([C@H](O)c3ccc(F)cc3)c(-c3cnn(-c4ccccc4)c3)c2cc1Cl. The number of rotatable bonds is 4. The standard InChI is InChI=1S/C25H18ClFN2O2/c1-15-11-22-20(12-21(15)26)23(17-13-28-29(14-17)19-5-3-2-4-6-19)25(31-22)24(30)16-7-9-18(27)10-8-16/h2-14,24,30H,1H3/t24-/m1/s1. The summed E-state index contributed by atoms with van der Waals surface area (Å²) < 4.78 is 21.3. The van der Waals surface area contributed by atoms with Crippen molar-refractivity contribution < 1.29 is 13.9 Å². The maximum absolute atomic E-state index is 13.4. The second-order valence-corrected chi connectivity index (χ2v) is 7.81. The highest BCUT2D eigenvalue weighted by atomic mass is 35.5. The molecule has 1 atom stereocenters. The lowest BCUT2D eigenvalue weighted by atomic mass is 9.98. The van der Waals surface area contributed by atoms with Crippen LogP contribution in [-0.2, 0) is 0 Å². The van der Waals surface area contributed by atoms with Crippen LogP contribution in [0.5, 0.6) is 0 Å². The van der Waals surface area contributed by atoms with Gasteiger partial charge in [0.2, 0.25) is 0 Å². The first kappa shape index (κ1) is 19.5. The number of aryl methyl sites for hydroxylation is 1. The predicted molar refractivity (Wildman–Crippen MR) is 119 cm³/mol. The Morgan fingerprint density at radius 2 is 1.81 bits per heavy atom. The van der Waals surface area contributed by atoms with Crippen molar-refractivity contribution >= 4 is 22.6 Å². The Morgan fingerprint density at radius 1 is 1.06 bits per heavy atom. The smallest absolute Gasteiger partial charge is 0.146 e. The molecule has 0 unspecified atom stereocenters. The van der Waals surface area contributed by atoms with Gasteiger partial charge in [-0.25, -0.2) is 9.07 Å². The van der Waals surface area contributed by atoms with Crippen LogP contribution in [-0.4, -0.2) is 14.9 Å². The molecule has 0 aliphatic heterocycles. The molecule has 0 amide bonds. The average Bonchev–Trinajstić information content (AvgIpc) is 3.40. The maximum atomic E-state index is 13.4. The molecule has 2 heterocycles. The largest absolute Gasteiger partial charge is 0.457 e. The molecule has 0 aliphatic carbocycles. The monoisotopic (exact) mass is 432 g/mol. The van der Waals surface area contributed by atoms with Crippen molar-refractivity contribution in [3.63, 3.8) is 0 Å². The van der Waals surface area contributed by atoms with E-state index in [4.69, 9.17) is 16.0 Å². The number of aliphatic hydroxyl groups excluding tert-OH is 1. The number of aromatic nitrogens is 2. The number of halogens is 2. The van der Waals surface area contributed by atoms with E-state index in [1.165, 1.54) is 12.1 Å². The van der Waals surface area contributed by atoms with Crippen molar-refractivity contribution in [2.24, 2.45) is 0 Å². The number of benzene rings is 3. The summed E-state index contributed by atoms with van der Waals surface area (Å²) in [6.07, 6.45) is 2.53. The van der Waals surface area contributed by atoms with Crippen LogP contribution >= 0.6 is 11.6 Å². The number of para-hydroxylation sites is 1. The molecule has 0 saturated carbocycles. The summed E-state index contributed by atoms with van der Waals surface area (Å²) in [6.45, 7) is 1.90. The van der Waals surface area contributed by atoms with Gasteiger partial charge >= 0.3 is 0 Å². The number of furan rings is 1. The molecule has 4 nitrogen and oxygen atoms in total. The number of hydrogen-bond acceptors (Lipinski definition) is 3. The Labute approximate surface area is 183 Å². The van der Waals surface area contributed by atoms with Gasteiger partial charge in [0.25, 0.3) is 0 Å². The Hall–Kier alpha value is -3.41. The number of nitrogens with zero attached hydrogens (tertiary/aromatic N) is 2. The molecule has 31 heavy (non-hydrogen) atoms. The second kappa shape index (κ2) is 7.69. The summed E-state index contributed by atoms with van der Waals surface area (Å²) >= 11 is 6.40. The van der Waals surface area contributed by atoms with Crippen LogP contribution in [0.3, 0.4) is 0 Å². The topological polar surface area (TPSA) is 51.2 Å². The molecular weight excluding hydrogens is 415 g/mol. The van der Waals surface area contributed by atoms with Crippen LogP contribution in [0.2, 0.25) is 5.02 Å². The minimum absolute atomic E-state index is 0.357. The first-order valence-electron chi connectivity index (χ1n) is 9.78. The van der Waals surface area contributed by atoms with Gasteiger partial charge in [0.15, 0.2) is 0 Å².